The zero-order valence-corrected chi connectivity index (χ0v) is 10.8. The lowest BCUT2D eigenvalue weighted by Gasteiger charge is -1.99. The standard InChI is InChI=1S/C16H15N3/c1-13-7-9-15(10-8-13)16-12-19(18-17-16)11-14-5-3-2-4-6-14/h2-10,12H,11H2,1H3. The molecular weight excluding hydrogens is 234 g/mol. The van der Waals surface area contributed by atoms with Crippen LogP contribution in [0.15, 0.2) is 60.8 Å². The molecule has 2 aromatic carbocycles. The molecule has 0 saturated heterocycles. The van der Waals surface area contributed by atoms with Gasteiger partial charge < -0.3 is 0 Å². The van der Waals surface area contributed by atoms with Crippen molar-refractivity contribution in [3.8, 4) is 11.3 Å². The highest BCUT2D eigenvalue weighted by molar-refractivity contribution is 5.57. The summed E-state index contributed by atoms with van der Waals surface area (Å²) in [5, 5.41) is 8.40. The van der Waals surface area contributed by atoms with E-state index in [1.807, 2.05) is 29.1 Å². The molecule has 0 radical (unpaired) electrons. The van der Waals surface area contributed by atoms with Crippen LogP contribution in [0, 0.1) is 6.92 Å². The van der Waals surface area contributed by atoms with E-state index in [2.05, 4.69) is 53.6 Å². The van der Waals surface area contributed by atoms with Gasteiger partial charge in [0, 0.05) is 5.56 Å². The molecule has 3 aromatic rings. The number of aromatic nitrogens is 3. The van der Waals surface area contributed by atoms with Crippen molar-refractivity contribution in [2.75, 3.05) is 0 Å². The molecule has 0 atom stereocenters. The van der Waals surface area contributed by atoms with Crippen molar-refractivity contribution in [1.82, 2.24) is 15.0 Å². The van der Waals surface area contributed by atoms with Gasteiger partial charge >= 0.3 is 0 Å². The smallest absolute Gasteiger partial charge is 0.113 e. The summed E-state index contributed by atoms with van der Waals surface area (Å²) in [6.45, 7) is 2.83. The molecule has 0 spiro atoms. The van der Waals surface area contributed by atoms with Crippen molar-refractivity contribution >= 4 is 0 Å². The third-order valence-corrected chi connectivity index (χ3v) is 3.07. The van der Waals surface area contributed by atoms with Crippen LogP contribution in [-0.2, 0) is 6.54 Å². The fourth-order valence-corrected chi connectivity index (χ4v) is 2.00. The van der Waals surface area contributed by atoms with E-state index in [9.17, 15) is 0 Å². The second-order valence-electron chi connectivity index (χ2n) is 4.65. The van der Waals surface area contributed by atoms with Gasteiger partial charge in [-0.3, -0.25) is 0 Å². The average molecular weight is 249 g/mol. The Morgan fingerprint density at radius 1 is 0.947 bits per heavy atom. The summed E-state index contributed by atoms with van der Waals surface area (Å²) in [4.78, 5) is 0. The normalized spacial score (nSPS) is 10.6. The summed E-state index contributed by atoms with van der Waals surface area (Å²) in [6, 6.07) is 18.6. The first-order chi connectivity index (χ1) is 9.31. The average Bonchev–Trinajstić information content (AvgIpc) is 2.89. The van der Waals surface area contributed by atoms with Gasteiger partial charge in [-0.25, -0.2) is 4.68 Å². The van der Waals surface area contributed by atoms with Gasteiger partial charge in [0.1, 0.15) is 5.69 Å². The molecule has 94 valence electrons. The lowest BCUT2D eigenvalue weighted by Crippen LogP contribution is -1.99. The Kier molecular flexibility index (Phi) is 3.11. The molecule has 0 unspecified atom stereocenters. The van der Waals surface area contributed by atoms with Crippen LogP contribution in [-0.4, -0.2) is 15.0 Å². The van der Waals surface area contributed by atoms with Crippen LogP contribution < -0.4 is 0 Å². The van der Waals surface area contributed by atoms with Gasteiger partial charge in [0.15, 0.2) is 0 Å². The number of rotatable bonds is 3. The van der Waals surface area contributed by atoms with Crippen LogP contribution in [0.2, 0.25) is 0 Å². The molecule has 0 saturated carbocycles. The maximum atomic E-state index is 4.23. The second-order valence-corrected chi connectivity index (χ2v) is 4.65. The summed E-state index contributed by atoms with van der Waals surface area (Å²) in [7, 11) is 0. The zero-order chi connectivity index (χ0) is 13.1. The van der Waals surface area contributed by atoms with E-state index in [4.69, 9.17) is 0 Å². The summed E-state index contributed by atoms with van der Waals surface area (Å²) in [5.74, 6) is 0. The number of hydrogen-bond acceptors (Lipinski definition) is 2. The largest absolute Gasteiger partial charge is 0.247 e. The van der Waals surface area contributed by atoms with Gasteiger partial charge in [-0.05, 0) is 12.5 Å². The molecule has 1 aromatic heterocycles. The molecular formula is C16H15N3. The molecule has 0 N–H and O–H groups in total. The highest BCUT2D eigenvalue weighted by Gasteiger charge is 2.03. The Balaban J connectivity index is 1.82. The Hall–Kier alpha value is -2.42. The second kappa shape index (κ2) is 5.06. The molecule has 0 aliphatic rings. The van der Waals surface area contributed by atoms with Crippen LogP contribution in [0.5, 0.6) is 0 Å². The number of nitrogens with zero attached hydrogens (tertiary/aromatic N) is 3. The predicted molar refractivity (Wildman–Crippen MR) is 75.7 cm³/mol. The minimum absolute atomic E-state index is 0.750. The Bertz CT molecular complexity index is 654. The third-order valence-electron chi connectivity index (χ3n) is 3.07. The number of benzene rings is 2. The van der Waals surface area contributed by atoms with Gasteiger partial charge in [0.05, 0.1) is 12.7 Å². The highest BCUT2D eigenvalue weighted by atomic mass is 15.4. The first kappa shape index (κ1) is 11.7. The van der Waals surface area contributed by atoms with Gasteiger partial charge in [-0.1, -0.05) is 65.4 Å². The summed E-state index contributed by atoms with van der Waals surface area (Å²) in [6.07, 6.45) is 1.98. The molecule has 1 heterocycles. The van der Waals surface area contributed by atoms with Gasteiger partial charge in [0.25, 0.3) is 0 Å². The van der Waals surface area contributed by atoms with E-state index in [1.165, 1.54) is 11.1 Å². The van der Waals surface area contributed by atoms with Crippen molar-refractivity contribution in [2.45, 2.75) is 13.5 Å². The van der Waals surface area contributed by atoms with E-state index in [0.29, 0.717) is 0 Å². The van der Waals surface area contributed by atoms with Gasteiger partial charge in [0.2, 0.25) is 0 Å². The molecule has 3 nitrogen and oxygen atoms in total. The minimum Gasteiger partial charge on any atom is -0.247 e. The van der Waals surface area contributed by atoms with Crippen LogP contribution >= 0.6 is 0 Å². The molecule has 3 heteroatoms. The van der Waals surface area contributed by atoms with Crippen molar-refractivity contribution in [3.05, 3.63) is 71.9 Å². The number of hydrogen-bond donors (Lipinski definition) is 0. The fourth-order valence-electron chi connectivity index (χ4n) is 2.00. The summed E-state index contributed by atoms with van der Waals surface area (Å²) >= 11 is 0. The molecule has 0 aliphatic carbocycles. The van der Waals surface area contributed by atoms with Crippen LogP contribution in [0.4, 0.5) is 0 Å². The quantitative estimate of drug-likeness (QED) is 0.713. The van der Waals surface area contributed by atoms with Crippen molar-refractivity contribution in [1.29, 1.82) is 0 Å². The molecule has 0 aliphatic heterocycles. The van der Waals surface area contributed by atoms with E-state index >= 15 is 0 Å². The zero-order valence-electron chi connectivity index (χ0n) is 10.8. The Morgan fingerprint density at radius 3 is 2.42 bits per heavy atom. The molecule has 3 rings (SSSR count). The van der Waals surface area contributed by atoms with E-state index in [-0.39, 0.29) is 0 Å². The van der Waals surface area contributed by atoms with E-state index in [1.54, 1.807) is 0 Å². The van der Waals surface area contributed by atoms with Crippen molar-refractivity contribution in [2.24, 2.45) is 0 Å². The topological polar surface area (TPSA) is 30.7 Å². The summed E-state index contributed by atoms with van der Waals surface area (Å²) < 4.78 is 1.87. The van der Waals surface area contributed by atoms with E-state index in [0.717, 1.165) is 17.8 Å². The van der Waals surface area contributed by atoms with Gasteiger partial charge in [-0.15, -0.1) is 5.10 Å². The first-order valence-corrected chi connectivity index (χ1v) is 6.32. The molecule has 0 fully saturated rings. The first-order valence-electron chi connectivity index (χ1n) is 6.32. The Labute approximate surface area is 112 Å². The summed E-state index contributed by atoms with van der Waals surface area (Å²) in [5.41, 5.74) is 4.49. The SMILES string of the molecule is Cc1ccc(-c2cn(Cc3ccccc3)nn2)cc1. The Morgan fingerprint density at radius 2 is 1.68 bits per heavy atom. The lowest BCUT2D eigenvalue weighted by atomic mass is 10.1. The predicted octanol–water partition coefficient (Wildman–Crippen LogP) is 3.30. The maximum absolute atomic E-state index is 4.23. The third kappa shape index (κ3) is 2.71. The molecule has 0 amide bonds. The molecule has 19 heavy (non-hydrogen) atoms. The van der Waals surface area contributed by atoms with Crippen molar-refractivity contribution < 1.29 is 0 Å². The van der Waals surface area contributed by atoms with E-state index < -0.39 is 0 Å². The van der Waals surface area contributed by atoms with Crippen LogP contribution in [0.1, 0.15) is 11.1 Å². The lowest BCUT2D eigenvalue weighted by molar-refractivity contribution is 0.650. The van der Waals surface area contributed by atoms with Crippen LogP contribution in [0.25, 0.3) is 11.3 Å². The maximum Gasteiger partial charge on any atom is 0.113 e. The fraction of sp³-hybridized carbons (Fsp3) is 0.125. The van der Waals surface area contributed by atoms with Crippen LogP contribution in [0.3, 0.4) is 0 Å². The monoisotopic (exact) mass is 249 g/mol. The highest BCUT2D eigenvalue weighted by Crippen LogP contribution is 2.16. The van der Waals surface area contributed by atoms with Gasteiger partial charge in [-0.2, -0.15) is 0 Å². The van der Waals surface area contributed by atoms with Crippen molar-refractivity contribution in [3.63, 3.8) is 0 Å². The molecule has 0 bridgehead atoms. The number of aryl methyl sites for hydroxylation is 1. The minimum atomic E-state index is 0.750.